The molecule has 0 radical (unpaired) electrons. The minimum atomic E-state index is 1.15. The topological polar surface area (TPSA) is 6.48 Å². The Labute approximate surface area is 145 Å². The maximum absolute atomic E-state index is 4.51. The minimum Gasteiger partial charge on any atom is -0.371 e. The predicted octanol–water partition coefficient (Wildman–Crippen LogP) is 4.95. The summed E-state index contributed by atoms with van der Waals surface area (Å²) < 4.78 is 0. The van der Waals surface area contributed by atoms with Crippen LogP contribution in [0.1, 0.15) is 36.8 Å². The molecule has 2 aliphatic heterocycles. The van der Waals surface area contributed by atoms with Crippen LogP contribution in [-0.2, 0) is 0 Å². The number of nitrogens with zero attached hydrogens (tertiary/aromatic N) is 2. The fourth-order valence-electron chi connectivity index (χ4n) is 4.07. The molecule has 2 aromatic carbocycles. The lowest BCUT2D eigenvalue weighted by Crippen LogP contribution is -2.20. The number of anilines is 2. The smallest absolute Gasteiger partial charge is 0.0445 e. The van der Waals surface area contributed by atoms with E-state index >= 15 is 0 Å². The molecule has 0 N–H and O–H groups in total. The van der Waals surface area contributed by atoms with E-state index in [0.29, 0.717) is 0 Å². The fourth-order valence-corrected chi connectivity index (χ4v) is 4.07. The Balaban J connectivity index is 1.72. The van der Waals surface area contributed by atoms with Crippen molar-refractivity contribution in [3.63, 3.8) is 0 Å². The lowest BCUT2D eigenvalue weighted by molar-refractivity contribution is 0.949. The molecule has 0 atom stereocenters. The maximum Gasteiger partial charge on any atom is 0.0445 e. The summed E-state index contributed by atoms with van der Waals surface area (Å²) in [5.41, 5.74) is 6.41. The zero-order valence-electron chi connectivity index (χ0n) is 14.4. The second-order valence-corrected chi connectivity index (χ2v) is 6.90. The Hall–Kier alpha value is -2.22. The van der Waals surface area contributed by atoms with E-state index in [1.807, 2.05) is 0 Å². The van der Waals surface area contributed by atoms with Crippen molar-refractivity contribution in [1.82, 2.24) is 0 Å². The van der Waals surface area contributed by atoms with Crippen molar-refractivity contribution in [1.29, 1.82) is 0 Å². The van der Waals surface area contributed by atoms with E-state index in [9.17, 15) is 0 Å². The molecule has 24 heavy (non-hydrogen) atoms. The lowest BCUT2D eigenvalue weighted by atomic mass is 9.95. The van der Waals surface area contributed by atoms with Crippen LogP contribution in [0.15, 0.2) is 55.1 Å². The molecule has 0 unspecified atom stereocenters. The van der Waals surface area contributed by atoms with E-state index in [4.69, 9.17) is 0 Å². The normalized spacial score (nSPS) is 17.5. The van der Waals surface area contributed by atoms with Gasteiger partial charge in [0, 0.05) is 48.7 Å². The summed E-state index contributed by atoms with van der Waals surface area (Å²) in [6.07, 6.45) is 5.19. The molecule has 2 saturated heterocycles. The highest BCUT2D eigenvalue weighted by Crippen LogP contribution is 2.37. The van der Waals surface area contributed by atoms with Gasteiger partial charge in [-0.3, -0.25) is 0 Å². The van der Waals surface area contributed by atoms with Gasteiger partial charge in [0.1, 0.15) is 0 Å². The molecule has 0 aromatic heterocycles. The molecular formula is C22H26N2. The van der Waals surface area contributed by atoms with Crippen molar-refractivity contribution < 1.29 is 0 Å². The average Bonchev–Trinajstić information content (AvgIpc) is 3.35. The van der Waals surface area contributed by atoms with Crippen LogP contribution in [0.3, 0.4) is 0 Å². The molecule has 0 saturated carbocycles. The third-order valence-electron chi connectivity index (χ3n) is 5.35. The number of hydrogen-bond acceptors (Lipinski definition) is 2. The standard InChI is InChI=1S/C22H26N2/c1-18(19-10-2-4-12-21(19)23-14-6-7-15-23)20-11-3-5-13-22(20)24-16-8-9-17-24/h2-5,10-13H,1,6-9,14-17H2. The summed E-state index contributed by atoms with van der Waals surface area (Å²) in [6.45, 7) is 9.16. The Bertz CT molecular complexity index is 661. The number of hydrogen-bond donors (Lipinski definition) is 0. The third kappa shape index (κ3) is 2.82. The van der Waals surface area contributed by atoms with Gasteiger partial charge >= 0.3 is 0 Å². The molecular weight excluding hydrogens is 292 g/mol. The first-order chi connectivity index (χ1) is 11.8. The van der Waals surface area contributed by atoms with Crippen LogP contribution in [-0.4, -0.2) is 26.2 Å². The number of rotatable bonds is 4. The molecule has 124 valence electrons. The van der Waals surface area contributed by atoms with Gasteiger partial charge < -0.3 is 9.80 Å². The zero-order valence-corrected chi connectivity index (χ0v) is 14.4. The van der Waals surface area contributed by atoms with Gasteiger partial charge in [-0.15, -0.1) is 0 Å². The first-order valence-corrected chi connectivity index (χ1v) is 9.22. The van der Waals surface area contributed by atoms with Crippen LogP contribution in [0.25, 0.3) is 5.57 Å². The van der Waals surface area contributed by atoms with Crippen LogP contribution in [0.2, 0.25) is 0 Å². The van der Waals surface area contributed by atoms with Gasteiger partial charge in [-0.1, -0.05) is 43.0 Å². The van der Waals surface area contributed by atoms with Gasteiger partial charge in [0.15, 0.2) is 0 Å². The number of benzene rings is 2. The maximum atomic E-state index is 4.51. The van der Waals surface area contributed by atoms with Crippen molar-refractivity contribution in [2.45, 2.75) is 25.7 Å². The van der Waals surface area contributed by atoms with E-state index in [-0.39, 0.29) is 0 Å². The van der Waals surface area contributed by atoms with Gasteiger partial charge in [-0.05, 0) is 43.4 Å². The SMILES string of the molecule is C=C(c1ccccc1N1CCCC1)c1ccccc1N1CCCC1. The highest BCUT2D eigenvalue weighted by atomic mass is 15.2. The molecule has 2 fully saturated rings. The lowest BCUT2D eigenvalue weighted by Gasteiger charge is -2.25. The molecule has 2 aromatic rings. The van der Waals surface area contributed by atoms with Crippen molar-refractivity contribution in [3.05, 3.63) is 66.2 Å². The zero-order chi connectivity index (χ0) is 16.4. The van der Waals surface area contributed by atoms with Crippen molar-refractivity contribution in [3.8, 4) is 0 Å². The van der Waals surface area contributed by atoms with Crippen LogP contribution >= 0.6 is 0 Å². The predicted molar refractivity (Wildman–Crippen MR) is 104 cm³/mol. The van der Waals surface area contributed by atoms with Crippen LogP contribution in [0, 0.1) is 0 Å². The molecule has 0 bridgehead atoms. The van der Waals surface area contributed by atoms with E-state index in [2.05, 4.69) is 64.9 Å². The molecule has 2 heteroatoms. The first-order valence-electron chi connectivity index (χ1n) is 9.22. The molecule has 2 aliphatic rings. The molecule has 0 aliphatic carbocycles. The summed E-state index contributed by atoms with van der Waals surface area (Å²) in [6, 6.07) is 17.5. The Morgan fingerprint density at radius 2 is 1.00 bits per heavy atom. The quantitative estimate of drug-likeness (QED) is 0.787. The monoisotopic (exact) mass is 318 g/mol. The third-order valence-corrected chi connectivity index (χ3v) is 5.35. The summed E-state index contributed by atoms with van der Waals surface area (Å²) in [7, 11) is 0. The van der Waals surface area contributed by atoms with Crippen LogP contribution in [0.4, 0.5) is 11.4 Å². The first kappa shape index (κ1) is 15.3. The molecule has 2 nitrogen and oxygen atoms in total. The summed E-state index contributed by atoms with van der Waals surface area (Å²) in [4.78, 5) is 5.03. The van der Waals surface area contributed by atoms with E-state index in [0.717, 1.165) is 31.8 Å². The fraction of sp³-hybridized carbons (Fsp3) is 0.364. The van der Waals surface area contributed by atoms with Crippen molar-refractivity contribution in [2.75, 3.05) is 36.0 Å². The van der Waals surface area contributed by atoms with E-state index < -0.39 is 0 Å². The molecule has 0 amide bonds. The van der Waals surface area contributed by atoms with Gasteiger partial charge in [-0.2, -0.15) is 0 Å². The second kappa shape index (κ2) is 6.72. The van der Waals surface area contributed by atoms with Gasteiger partial charge in [0.2, 0.25) is 0 Å². The van der Waals surface area contributed by atoms with Gasteiger partial charge in [0.05, 0.1) is 0 Å². The van der Waals surface area contributed by atoms with Gasteiger partial charge in [0.25, 0.3) is 0 Å². The highest BCUT2D eigenvalue weighted by molar-refractivity contribution is 5.90. The van der Waals surface area contributed by atoms with E-state index in [1.54, 1.807) is 0 Å². The van der Waals surface area contributed by atoms with E-state index in [1.165, 1.54) is 48.2 Å². The average molecular weight is 318 g/mol. The number of para-hydroxylation sites is 2. The summed E-state index contributed by atoms with van der Waals surface area (Å²) >= 11 is 0. The summed E-state index contributed by atoms with van der Waals surface area (Å²) in [5, 5.41) is 0. The van der Waals surface area contributed by atoms with Crippen molar-refractivity contribution in [2.24, 2.45) is 0 Å². The second-order valence-electron chi connectivity index (χ2n) is 6.90. The van der Waals surface area contributed by atoms with Crippen molar-refractivity contribution >= 4 is 16.9 Å². The summed E-state index contributed by atoms with van der Waals surface area (Å²) in [5.74, 6) is 0. The Morgan fingerprint density at radius 1 is 0.625 bits per heavy atom. The molecule has 2 heterocycles. The minimum absolute atomic E-state index is 1.15. The van der Waals surface area contributed by atoms with Crippen LogP contribution < -0.4 is 9.80 Å². The van der Waals surface area contributed by atoms with Crippen LogP contribution in [0.5, 0.6) is 0 Å². The van der Waals surface area contributed by atoms with Gasteiger partial charge in [-0.25, -0.2) is 0 Å². The molecule has 4 rings (SSSR count). The Morgan fingerprint density at radius 3 is 1.42 bits per heavy atom. The highest BCUT2D eigenvalue weighted by Gasteiger charge is 2.20. The molecule has 0 spiro atoms. The Kier molecular flexibility index (Phi) is 4.29. The largest absolute Gasteiger partial charge is 0.371 e.